The van der Waals surface area contributed by atoms with Crippen molar-refractivity contribution in [2.45, 2.75) is 38.3 Å². The van der Waals surface area contributed by atoms with Gasteiger partial charge in [-0.3, -0.25) is 4.90 Å². The lowest BCUT2D eigenvalue weighted by atomic mass is 9.87. The van der Waals surface area contributed by atoms with Crippen LogP contribution in [0.3, 0.4) is 0 Å². The molecule has 0 spiro atoms. The molecule has 1 fully saturated rings. The van der Waals surface area contributed by atoms with Crippen LogP contribution in [0.5, 0.6) is 0 Å². The van der Waals surface area contributed by atoms with E-state index in [1.54, 1.807) is 0 Å². The monoisotopic (exact) mass is 274 g/mol. The first-order valence-corrected chi connectivity index (χ1v) is 8.02. The Bertz CT molecular complexity index is 435. The molecule has 0 radical (unpaired) electrons. The van der Waals surface area contributed by atoms with Crippen LogP contribution in [0.4, 0.5) is 0 Å². The van der Waals surface area contributed by atoms with Crippen LogP contribution in [0.1, 0.15) is 36.9 Å². The molecule has 20 heavy (non-hydrogen) atoms. The predicted molar refractivity (Wildman–Crippen MR) is 82.0 cm³/mol. The van der Waals surface area contributed by atoms with E-state index >= 15 is 0 Å². The van der Waals surface area contributed by atoms with Gasteiger partial charge in [-0.1, -0.05) is 31.2 Å². The van der Waals surface area contributed by atoms with Crippen LogP contribution in [-0.2, 0) is 11.2 Å². The number of hydrogen-bond donors (Lipinski definition) is 1. The van der Waals surface area contributed by atoms with Gasteiger partial charge < -0.3 is 10.1 Å². The summed E-state index contributed by atoms with van der Waals surface area (Å²) in [5.74, 6) is 0. The number of fused-ring (bicyclic) bond motifs is 1. The zero-order chi connectivity index (χ0) is 13.8. The predicted octanol–water partition coefficient (Wildman–Crippen LogP) is 2.37. The first-order valence-electron chi connectivity index (χ1n) is 8.02. The average Bonchev–Trinajstić information content (AvgIpc) is 2.53. The molecule has 2 aliphatic rings. The number of nitrogens with zero attached hydrogens (tertiary/aromatic N) is 1. The van der Waals surface area contributed by atoms with Gasteiger partial charge in [0.05, 0.1) is 12.7 Å². The standard InChI is InChI=1S/C17H26N2O/c1-2-19-10-11-20-15(13-19)12-18-17-9-5-7-14-6-3-4-8-16(14)17/h3-4,6,8,15,17-18H,2,5,7,9-13H2,1H3. The molecule has 1 aliphatic carbocycles. The van der Waals surface area contributed by atoms with Crippen molar-refractivity contribution >= 4 is 0 Å². The molecule has 3 nitrogen and oxygen atoms in total. The smallest absolute Gasteiger partial charge is 0.0826 e. The van der Waals surface area contributed by atoms with Crippen molar-refractivity contribution in [3.63, 3.8) is 0 Å². The highest BCUT2D eigenvalue weighted by Gasteiger charge is 2.23. The fourth-order valence-corrected chi connectivity index (χ4v) is 3.43. The molecule has 110 valence electrons. The van der Waals surface area contributed by atoms with Crippen LogP contribution >= 0.6 is 0 Å². The second kappa shape index (κ2) is 6.70. The van der Waals surface area contributed by atoms with E-state index in [0.717, 1.165) is 32.8 Å². The van der Waals surface area contributed by atoms with Crippen molar-refractivity contribution in [2.24, 2.45) is 0 Å². The van der Waals surface area contributed by atoms with Gasteiger partial charge in [0.2, 0.25) is 0 Å². The van der Waals surface area contributed by atoms with Crippen LogP contribution in [-0.4, -0.2) is 43.8 Å². The van der Waals surface area contributed by atoms with Crippen molar-refractivity contribution in [1.82, 2.24) is 10.2 Å². The zero-order valence-electron chi connectivity index (χ0n) is 12.5. The van der Waals surface area contributed by atoms with Gasteiger partial charge >= 0.3 is 0 Å². The van der Waals surface area contributed by atoms with Gasteiger partial charge in [0.1, 0.15) is 0 Å². The minimum atomic E-state index is 0.345. The number of benzene rings is 1. The van der Waals surface area contributed by atoms with Crippen LogP contribution in [0, 0.1) is 0 Å². The second-order valence-corrected chi connectivity index (χ2v) is 5.94. The van der Waals surface area contributed by atoms with E-state index in [9.17, 15) is 0 Å². The number of ether oxygens (including phenoxy) is 1. The first kappa shape index (κ1) is 14.1. The Balaban J connectivity index is 1.56. The van der Waals surface area contributed by atoms with Gasteiger partial charge in [0.25, 0.3) is 0 Å². The molecule has 2 atom stereocenters. The number of likely N-dealkylation sites (N-methyl/N-ethyl adjacent to an activating group) is 1. The molecule has 0 aromatic heterocycles. The van der Waals surface area contributed by atoms with E-state index in [-0.39, 0.29) is 0 Å². The molecule has 1 aliphatic heterocycles. The molecule has 0 amide bonds. The topological polar surface area (TPSA) is 24.5 Å². The third-order valence-corrected chi connectivity index (χ3v) is 4.63. The van der Waals surface area contributed by atoms with Crippen LogP contribution < -0.4 is 5.32 Å². The van der Waals surface area contributed by atoms with Crippen molar-refractivity contribution in [3.05, 3.63) is 35.4 Å². The Kier molecular flexibility index (Phi) is 4.71. The molecule has 1 saturated heterocycles. The number of aryl methyl sites for hydroxylation is 1. The normalized spacial score (nSPS) is 27.2. The summed E-state index contributed by atoms with van der Waals surface area (Å²) in [5.41, 5.74) is 3.03. The van der Waals surface area contributed by atoms with Crippen LogP contribution in [0.2, 0.25) is 0 Å². The van der Waals surface area contributed by atoms with Gasteiger partial charge in [-0.25, -0.2) is 0 Å². The highest BCUT2D eigenvalue weighted by molar-refractivity contribution is 5.32. The van der Waals surface area contributed by atoms with Gasteiger partial charge in [0.15, 0.2) is 0 Å². The fraction of sp³-hybridized carbons (Fsp3) is 0.647. The van der Waals surface area contributed by atoms with E-state index in [0.29, 0.717) is 12.1 Å². The highest BCUT2D eigenvalue weighted by atomic mass is 16.5. The molecular formula is C17H26N2O. The molecule has 1 N–H and O–H groups in total. The maximum atomic E-state index is 5.88. The van der Waals surface area contributed by atoms with Crippen LogP contribution in [0.15, 0.2) is 24.3 Å². The Morgan fingerprint density at radius 2 is 2.25 bits per heavy atom. The van der Waals surface area contributed by atoms with Gasteiger partial charge in [-0.15, -0.1) is 0 Å². The Morgan fingerprint density at radius 3 is 3.15 bits per heavy atom. The molecule has 2 unspecified atom stereocenters. The summed E-state index contributed by atoms with van der Waals surface area (Å²) in [6.07, 6.45) is 4.12. The third kappa shape index (κ3) is 3.22. The fourth-order valence-electron chi connectivity index (χ4n) is 3.43. The molecule has 3 heteroatoms. The highest BCUT2D eigenvalue weighted by Crippen LogP contribution is 2.29. The van der Waals surface area contributed by atoms with E-state index in [2.05, 4.69) is 41.4 Å². The Labute approximate surface area is 122 Å². The van der Waals surface area contributed by atoms with Crippen LogP contribution in [0.25, 0.3) is 0 Å². The second-order valence-electron chi connectivity index (χ2n) is 5.94. The van der Waals surface area contributed by atoms with E-state index < -0.39 is 0 Å². The van der Waals surface area contributed by atoms with Crippen molar-refractivity contribution in [2.75, 3.05) is 32.8 Å². The molecule has 3 rings (SSSR count). The maximum Gasteiger partial charge on any atom is 0.0826 e. The summed E-state index contributed by atoms with van der Waals surface area (Å²) in [6.45, 7) is 7.35. The Hall–Kier alpha value is -0.900. The summed E-state index contributed by atoms with van der Waals surface area (Å²) < 4.78 is 5.88. The lowest BCUT2D eigenvalue weighted by molar-refractivity contribution is -0.0266. The molecule has 1 heterocycles. The van der Waals surface area contributed by atoms with E-state index in [1.165, 1.54) is 30.4 Å². The Morgan fingerprint density at radius 1 is 1.35 bits per heavy atom. The summed E-state index contributed by atoms with van der Waals surface area (Å²) in [5, 5.41) is 3.74. The first-order chi connectivity index (χ1) is 9.86. The summed E-state index contributed by atoms with van der Waals surface area (Å²) in [6, 6.07) is 9.39. The van der Waals surface area contributed by atoms with Gasteiger partial charge in [0, 0.05) is 25.7 Å². The largest absolute Gasteiger partial charge is 0.374 e. The van der Waals surface area contributed by atoms with Crippen molar-refractivity contribution in [1.29, 1.82) is 0 Å². The van der Waals surface area contributed by atoms with E-state index in [4.69, 9.17) is 4.74 Å². The molecular weight excluding hydrogens is 248 g/mol. The summed E-state index contributed by atoms with van der Waals surface area (Å²) in [4.78, 5) is 2.48. The molecule has 0 bridgehead atoms. The summed E-state index contributed by atoms with van der Waals surface area (Å²) in [7, 11) is 0. The average molecular weight is 274 g/mol. The van der Waals surface area contributed by atoms with E-state index in [1.807, 2.05) is 0 Å². The SMILES string of the molecule is CCN1CCOC(CNC2CCCc3ccccc32)C1. The lowest BCUT2D eigenvalue weighted by Gasteiger charge is -2.34. The van der Waals surface area contributed by atoms with Crippen molar-refractivity contribution in [3.8, 4) is 0 Å². The zero-order valence-corrected chi connectivity index (χ0v) is 12.5. The minimum absolute atomic E-state index is 0.345. The summed E-state index contributed by atoms with van der Waals surface area (Å²) >= 11 is 0. The molecule has 1 aromatic rings. The minimum Gasteiger partial charge on any atom is -0.374 e. The number of nitrogens with one attached hydrogen (secondary N) is 1. The number of morpholine rings is 1. The number of hydrogen-bond acceptors (Lipinski definition) is 3. The van der Waals surface area contributed by atoms with Crippen molar-refractivity contribution < 1.29 is 4.74 Å². The molecule has 0 saturated carbocycles. The number of rotatable bonds is 4. The quantitative estimate of drug-likeness (QED) is 0.912. The van der Waals surface area contributed by atoms with Gasteiger partial charge in [-0.05, 0) is 36.9 Å². The maximum absolute atomic E-state index is 5.88. The third-order valence-electron chi connectivity index (χ3n) is 4.63. The lowest BCUT2D eigenvalue weighted by Crippen LogP contribution is -2.47. The molecule has 1 aromatic carbocycles. The van der Waals surface area contributed by atoms with Gasteiger partial charge in [-0.2, -0.15) is 0 Å².